The van der Waals surface area contributed by atoms with Crippen molar-refractivity contribution in [2.75, 3.05) is 0 Å². The van der Waals surface area contributed by atoms with Gasteiger partial charge in [0.25, 0.3) is 0 Å². The highest BCUT2D eigenvalue weighted by molar-refractivity contribution is 5.73. The molecule has 14 heavy (non-hydrogen) atoms. The molecule has 80 valence electrons. The highest BCUT2D eigenvalue weighted by atomic mass is 16.1. The lowest BCUT2D eigenvalue weighted by molar-refractivity contribution is -0.122. The summed E-state index contributed by atoms with van der Waals surface area (Å²) in [6.07, 6.45) is 5.70. The van der Waals surface area contributed by atoms with Crippen LogP contribution >= 0.6 is 0 Å². The minimum Gasteiger partial charge on any atom is -0.370 e. The van der Waals surface area contributed by atoms with Crippen LogP contribution in [0.5, 0.6) is 0 Å². The molecule has 1 amide bonds. The number of rotatable bonds is 3. The van der Waals surface area contributed by atoms with Gasteiger partial charge < -0.3 is 5.73 Å². The lowest BCUT2D eigenvalue weighted by Crippen LogP contribution is -2.52. The molecule has 0 heterocycles. The monoisotopic (exact) mass is 195 g/mol. The first-order valence-corrected chi connectivity index (χ1v) is 5.80. The molecular weight excluding hydrogens is 174 g/mol. The van der Waals surface area contributed by atoms with E-state index in [0.717, 1.165) is 24.2 Å². The van der Waals surface area contributed by atoms with Crippen LogP contribution in [0.1, 0.15) is 46.0 Å². The Morgan fingerprint density at radius 2 is 2.14 bits per heavy atom. The summed E-state index contributed by atoms with van der Waals surface area (Å²) in [6, 6.07) is 0. The molecule has 0 unspecified atom stereocenters. The first kappa shape index (κ1) is 10.0. The van der Waals surface area contributed by atoms with Gasteiger partial charge in [-0.2, -0.15) is 0 Å². The zero-order chi connectivity index (χ0) is 10.3. The Morgan fingerprint density at radius 1 is 1.43 bits per heavy atom. The van der Waals surface area contributed by atoms with Gasteiger partial charge in [-0.25, -0.2) is 0 Å². The highest BCUT2D eigenvalue weighted by Crippen LogP contribution is 2.62. The number of fused-ring (bicyclic) bond motifs is 2. The first-order valence-electron chi connectivity index (χ1n) is 5.80. The predicted molar refractivity (Wildman–Crippen MR) is 56.5 cm³/mol. The molecule has 3 aliphatic carbocycles. The number of primary amides is 1. The predicted octanol–water partition coefficient (Wildman–Crippen LogP) is 2.32. The van der Waals surface area contributed by atoms with Gasteiger partial charge in [-0.15, -0.1) is 0 Å². The third-order valence-electron chi connectivity index (χ3n) is 4.76. The largest absolute Gasteiger partial charge is 0.370 e. The minimum atomic E-state index is -0.135. The van der Waals surface area contributed by atoms with Gasteiger partial charge in [-0.05, 0) is 48.9 Å². The molecule has 2 N–H and O–H groups in total. The SMILES string of the molecule is CC1(C)[C@@H]2CC[C@H](CCC(N)=O)[C@H]1C2. The van der Waals surface area contributed by atoms with E-state index in [2.05, 4.69) is 13.8 Å². The maximum atomic E-state index is 10.7. The normalized spacial score (nSPS) is 38.9. The molecule has 3 fully saturated rings. The van der Waals surface area contributed by atoms with Crippen molar-refractivity contribution in [1.29, 1.82) is 0 Å². The number of carbonyl (C=O) groups excluding carboxylic acids is 1. The van der Waals surface area contributed by atoms with E-state index < -0.39 is 0 Å². The topological polar surface area (TPSA) is 43.1 Å². The van der Waals surface area contributed by atoms with Crippen LogP contribution in [0.25, 0.3) is 0 Å². The van der Waals surface area contributed by atoms with Gasteiger partial charge in [0.2, 0.25) is 5.91 Å². The van der Waals surface area contributed by atoms with Crippen LogP contribution < -0.4 is 5.73 Å². The Hall–Kier alpha value is -0.530. The van der Waals surface area contributed by atoms with Crippen LogP contribution in [0.2, 0.25) is 0 Å². The van der Waals surface area contributed by atoms with Crippen LogP contribution in [-0.2, 0) is 4.79 Å². The van der Waals surface area contributed by atoms with Crippen molar-refractivity contribution in [1.82, 2.24) is 0 Å². The van der Waals surface area contributed by atoms with E-state index in [-0.39, 0.29) is 5.91 Å². The third kappa shape index (κ3) is 1.45. The highest BCUT2D eigenvalue weighted by Gasteiger charge is 2.53. The van der Waals surface area contributed by atoms with Crippen molar-refractivity contribution in [2.45, 2.75) is 46.0 Å². The molecule has 0 aromatic rings. The van der Waals surface area contributed by atoms with E-state index in [0.29, 0.717) is 11.8 Å². The molecule has 2 heteroatoms. The molecule has 0 radical (unpaired) electrons. The average molecular weight is 195 g/mol. The van der Waals surface area contributed by atoms with Gasteiger partial charge in [-0.1, -0.05) is 13.8 Å². The molecule has 0 saturated heterocycles. The molecule has 3 rings (SSSR count). The second kappa shape index (κ2) is 3.25. The van der Waals surface area contributed by atoms with Crippen LogP contribution in [0.3, 0.4) is 0 Å². The molecule has 3 atom stereocenters. The van der Waals surface area contributed by atoms with E-state index in [4.69, 9.17) is 5.73 Å². The molecule has 2 bridgehead atoms. The molecular formula is C12H21NO. The first-order chi connectivity index (χ1) is 6.51. The van der Waals surface area contributed by atoms with E-state index >= 15 is 0 Å². The minimum absolute atomic E-state index is 0.135. The average Bonchev–Trinajstić information content (AvgIpc) is 2.14. The molecule has 2 nitrogen and oxygen atoms in total. The van der Waals surface area contributed by atoms with Crippen LogP contribution in [0, 0.1) is 23.2 Å². The maximum absolute atomic E-state index is 10.7. The maximum Gasteiger partial charge on any atom is 0.217 e. The second-order valence-corrected chi connectivity index (χ2v) is 5.70. The number of nitrogens with two attached hydrogens (primary N) is 1. The molecule has 0 aliphatic heterocycles. The zero-order valence-electron chi connectivity index (χ0n) is 9.25. The van der Waals surface area contributed by atoms with Gasteiger partial charge in [0.1, 0.15) is 0 Å². The number of hydrogen-bond donors (Lipinski definition) is 1. The molecule has 0 spiro atoms. The summed E-state index contributed by atoms with van der Waals surface area (Å²) in [4.78, 5) is 10.7. The molecule has 3 aliphatic rings. The second-order valence-electron chi connectivity index (χ2n) is 5.70. The van der Waals surface area contributed by atoms with E-state index in [1.807, 2.05) is 0 Å². The van der Waals surface area contributed by atoms with Crippen molar-refractivity contribution in [3.63, 3.8) is 0 Å². The fourth-order valence-electron chi connectivity index (χ4n) is 3.64. The van der Waals surface area contributed by atoms with Gasteiger partial charge in [0.05, 0.1) is 0 Å². The summed E-state index contributed by atoms with van der Waals surface area (Å²) >= 11 is 0. The molecule has 0 aromatic carbocycles. The van der Waals surface area contributed by atoms with Crippen molar-refractivity contribution in [2.24, 2.45) is 28.9 Å². The van der Waals surface area contributed by atoms with Crippen LogP contribution in [-0.4, -0.2) is 5.91 Å². The summed E-state index contributed by atoms with van der Waals surface area (Å²) in [6.45, 7) is 4.78. The summed E-state index contributed by atoms with van der Waals surface area (Å²) < 4.78 is 0. The quantitative estimate of drug-likeness (QED) is 0.738. The van der Waals surface area contributed by atoms with Gasteiger partial charge >= 0.3 is 0 Å². The van der Waals surface area contributed by atoms with Crippen LogP contribution in [0.4, 0.5) is 0 Å². The zero-order valence-corrected chi connectivity index (χ0v) is 9.25. The Morgan fingerprint density at radius 3 is 2.64 bits per heavy atom. The Balaban J connectivity index is 1.91. The van der Waals surface area contributed by atoms with E-state index in [9.17, 15) is 4.79 Å². The summed E-state index contributed by atoms with van der Waals surface area (Å²) in [5, 5.41) is 0. The summed E-state index contributed by atoms with van der Waals surface area (Å²) in [7, 11) is 0. The fraction of sp³-hybridized carbons (Fsp3) is 0.917. The smallest absolute Gasteiger partial charge is 0.217 e. The molecule has 0 aromatic heterocycles. The lowest BCUT2D eigenvalue weighted by atomic mass is 9.45. The Labute approximate surface area is 86.2 Å². The van der Waals surface area contributed by atoms with Crippen molar-refractivity contribution in [3.05, 3.63) is 0 Å². The van der Waals surface area contributed by atoms with E-state index in [1.54, 1.807) is 0 Å². The number of amides is 1. The van der Waals surface area contributed by atoms with Crippen molar-refractivity contribution in [3.8, 4) is 0 Å². The Kier molecular flexibility index (Phi) is 2.32. The molecule has 3 saturated carbocycles. The number of carbonyl (C=O) groups is 1. The van der Waals surface area contributed by atoms with Gasteiger partial charge in [0, 0.05) is 6.42 Å². The summed E-state index contributed by atoms with van der Waals surface area (Å²) in [5.41, 5.74) is 5.74. The van der Waals surface area contributed by atoms with Gasteiger partial charge in [-0.3, -0.25) is 4.79 Å². The fourth-order valence-corrected chi connectivity index (χ4v) is 3.64. The van der Waals surface area contributed by atoms with Crippen molar-refractivity contribution < 1.29 is 4.79 Å². The van der Waals surface area contributed by atoms with E-state index in [1.165, 1.54) is 19.3 Å². The lowest BCUT2D eigenvalue weighted by Gasteiger charge is -2.60. The third-order valence-corrected chi connectivity index (χ3v) is 4.76. The summed E-state index contributed by atoms with van der Waals surface area (Å²) in [5.74, 6) is 2.45. The van der Waals surface area contributed by atoms with Gasteiger partial charge in [0.15, 0.2) is 0 Å². The standard InChI is InChI=1S/C12H21NO/c1-12(2)9-5-3-8(10(12)7-9)4-6-11(13)14/h8-10H,3-7H2,1-2H3,(H2,13,14)/t8-,9-,10-/m1/s1. The Bertz CT molecular complexity index is 245. The van der Waals surface area contributed by atoms with Crippen LogP contribution in [0.15, 0.2) is 0 Å². The van der Waals surface area contributed by atoms with Crippen molar-refractivity contribution >= 4 is 5.91 Å². The number of hydrogen-bond acceptors (Lipinski definition) is 1.